The molecule has 1 atom stereocenters. The Balaban J connectivity index is 3.08. The van der Waals surface area contributed by atoms with Crippen LogP contribution in [0.3, 0.4) is 0 Å². The monoisotopic (exact) mass is 292 g/mol. The third-order valence-electron chi connectivity index (χ3n) is 3.68. The van der Waals surface area contributed by atoms with E-state index in [2.05, 4.69) is 42.7 Å². The molecule has 0 aliphatic rings. The lowest BCUT2D eigenvalue weighted by Crippen LogP contribution is -2.37. The fraction of sp³-hybridized carbons (Fsp3) is 0.588. The molecule has 0 spiro atoms. The van der Waals surface area contributed by atoms with Gasteiger partial charge in [0.25, 0.3) is 0 Å². The SMILES string of the molecule is Cc1cc(C)c(N(CCN(C)C)CC(C)C(=O)O)c(C)c1. The molecule has 0 aromatic heterocycles. The summed E-state index contributed by atoms with van der Waals surface area (Å²) < 4.78 is 0. The number of carboxylic acid groups (broad SMARTS) is 1. The van der Waals surface area contributed by atoms with E-state index < -0.39 is 5.97 Å². The minimum Gasteiger partial charge on any atom is -0.481 e. The fourth-order valence-electron chi connectivity index (χ4n) is 2.69. The number of rotatable bonds is 7. The summed E-state index contributed by atoms with van der Waals surface area (Å²) in [7, 11) is 4.07. The molecule has 0 aliphatic carbocycles. The number of aryl methyl sites for hydroxylation is 3. The van der Waals surface area contributed by atoms with Gasteiger partial charge in [-0.2, -0.15) is 0 Å². The summed E-state index contributed by atoms with van der Waals surface area (Å²) in [6, 6.07) is 4.33. The Hall–Kier alpha value is -1.55. The molecule has 1 aromatic carbocycles. The van der Waals surface area contributed by atoms with E-state index in [9.17, 15) is 9.90 Å². The summed E-state index contributed by atoms with van der Waals surface area (Å²) in [6.45, 7) is 10.3. The highest BCUT2D eigenvalue weighted by molar-refractivity contribution is 5.71. The van der Waals surface area contributed by atoms with Gasteiger partial charge in [0.15, 0.2) is 0 Å². The number of benzene rings is 1. The first-order chi connectivity index (χ1) is 9.72. The second-order valence-electron chi connectivity index (χ2n) is 6.24. The first-order valence-electron chi connectivity index (χ1n) is 7.42. The minimum absolute atomic E-state index is 0.382. The van der Waals surface area contributed by atoms with Crippen molar-refractivity contribution < 1.29 is 9.90 Å². The predicted molar refractivity (Wildman–Crippen MR) is 88.2 cm³/mol. The van der Waals surface area contributed by atoms with Crippen LogP contribution in [0.2, 0.25) is 0 Å². The zero-order chi connectivity index (χ0) is 16.2. The second-order valence-corrected chi connectivity index (χ2v) is 6.24. The topological polar surface area (TPSA) is 43.8 Å². The van der Waals surface area contributed by atoms with Crippen LogP contribution in [-0.2, 0) is 4.79 Å². The van der Waals surface area contributed by atoms with Crippen LogP contribution in [-0.4, -0.2) is 49.7 Å². The number of anilines is 1. The Bertz CT molecular complexity index is 475. The molecule has 0 saturated heterocycles. The molecule has 4 heteroatoms. The maximum Gasteiger partial charge on any atom is 0.308 e. The maximum absolute atomic E-state index is 11.2. The molecule has 118 valence electrons. The highest BCUT2D eigenvalue weighted by Crippen LogP contribution is 2.27. The van der Waals surface area contributed by atoms with Crippen molar-refractivity contribution in [2.24, 2.45) is 5.92 Å². The van der Waals surface area contributed by atoms with Crippen molar-refractivity contribution in [3.05, 3.63) is 28.8 Å². The summed E-state index contributed by atoms with van der Waals surface area (Å²) in [5.41, 5.74) is 4.84. The first kappa shape index (κ1) is 17.5. The lowest BCUT2D eigenvalue weighted by Gasteiger charge is -2.31. The van der Waals surface area contributed by atoms with E-state index in [0.29, 0.717) is 6.54 Å². The summed E-state index contributed by atoms with van der Waals surface area (Å²) in [5, 5.41) is 9.20. The summed E-state index contributed by atoms with van der Waals surface area (Å²) in [5.74, 6) is -1.13. The molecular formula is C17H28N2O2. The van der Waals surface area contributed by atoms with Crippen molar-refractivity contribution in [2.45, 2.75) is 27.7 Å². The highest BCUT2D eigenvalue weighted by atomic mass is 16.4. The van der Waals surface area contributed by atoms with E-state index in [1.165, 1.54) is 22.4 Å². The van der Waals surface area contributed by atoms with E-state index in [4.69, 9.17) is 0 Å². The smallest absolute Gasteiger partial charge is 0.308 e. The van der Waals surface area contributed by atoms with Crippen LogP contribution in [0.15, 0.2) is 12.1 Å². The molecule has 0 aliphatic heterocycles. The molecule has 0 fully saturated rings. The quantitative estimate of drug-likeness (QED) is 0.839. The standard InChI is InChI=1S/C17H28N2O2/c1-12-9-13(2)16(14(3)10-12)19(8-7-18(5)6)11-15(4)17(20)21/h9-10,15H,7-8,11H2,1-6H3,(H,20,21). The van der Waals surface area contributed by atoms with E-state index in [0.717, 1.165) is 13.1 Å². The van der Waals surface area contributed by atoms with Crippen LogP contribution >= 0.6 is 0 Å². The van der Waals surface area contributed by atoms with Crippen LogP contribution in [0.25, 0.3) is 0 Å². The van der Waals surface area contributed by atoms with E-state index in [1.54, 1.807) is 6.92 Å². The predicted octanol–water partition coefficient (Wildman–Crippen LogP) is 2.70. The Morgan fingerprint density at radius 3 is 2.10 bits per heavy atom. The molecular weight excluding hydrogens is 264 g/mol. The van der Waals surface area contributed by atoms with Crippen molar-refractivity contribution in [1.29, 1.82) is 0 Å². The number of nitrogens with zero attached hydrogens (tertiary/aromatic N) is 2. The van der Waals surface area contributed by atoms with Crippen molar-refractivity contribution in [2.75, 3.05) is 38.6 Å². The average Bonchev–Trinajstić information content (AvgIpc) is 2.33. The van der Waals surface area contributed by atoms with Gasteiger partial charge >= 0.3 is 5.97 Å². The first-order valence-corrected chi connectivity index (χ1v) is 7.42. The lowest BCUT2D eigenvalue weighted by atomic mass is 10.0. The van der Waals surface area contributed by atoms with Gasteiger partial charge in [-0.05, 0) is 46.0 Å². The molecule has 0 amide bonds. The van der Waals surface area contributed by atoms with Gasteiger partial charge in [0.2, 0.25) is 0 Å². The van der Waals surface area contributed by atoms with Crippen LogP contribution in [0.4, 0.5) is 5.69 Å². The van der Waals surface area contributed by atoms with E-state index in [1.807, 2.05) is 14.1 Å². The molecule has 0 radical (unpaired) electrons. The Morgan fingerprint density at radius 2 is 1.67 bits per heavy atom. The van der Waals surface area contributed by atoms with Crippen molar-refractivity contribution in [3.8, 4) is 0 Å². The molecule has 1 unspecified atom stereocenters. The number of hydrogen-bond donors (Lipinski definition) is 1. The van der Waals surface area contributed by atoms with Crippen LogP contribution in [0.5, 0.6) is 0 Å². The van der Waals surface area contributed by atoms with Crippen molar-refractivity contribution in [1.82, 2.24) is 4.90 Å². The molecule has 1 aromatic rings. The average molecular weight is 292 g/mol. The Labute approximate surface area is 128 Å². The van der Waals surface area contributed by atoms with Gasteiger partial charge in [-0.3, -0.25) is 4.79 Å². The third kappa shape index (κ3) is 5.05. The molecule has 4 nitrogen and oxygen atoms in total. The number of aliphatic carboxylic acids is 1. The van der Waals surface area contributed by atoms with Gasteiger partial charge < -0.3 is 14.9 Å². The summed E-state index contributed by atoms with van der Waals surface area (Å²) in [6.07, 6.45) is 0. The zero-order valence-electron chi connectivity index (χ0n) is 14.1. The minimum atomic E-state index is -0.743. The number of carboxylic acids is 1. The second kappa shape index (κ2) is 7.46. The molecule has 1 rings (SSSR count). The van der Waals surface area contributed by atoms with Gasteiger partial charge in [-0.15, -0.1) is 0 Å². The van der Waals surface area contributed by atoms with Gasteiger partial charge in [0.05, 0.1) is 5.92 Å². The number of carbonyl (C=O) groups is 1. The van der Waals surface area contributed by atoms with Gasteiger partial charge in [-0.1, -0.05) is 24.6 Å². The van der Waals surface area contributed by atoms with Crippen LogP contribution < -0.4 is 4.90 Å². The molecule has 21 heavy (non-hydrogen) atoms. The Kier molecular flexibility index (Phi) is 6.21. The van der Waals surface area contributed by atoms with Gasteiger partial charge in [-0.25, -0.2) is 0 Å². The molecule has 0 heterocycles. The largest absolute Gasteiger partial charge is 0.481 e. The van der Waals surface area contributed by atoms with Gasteiger partial charge in [0, 0.05) is 25.3 Å². The molecule has 0 bridgehead atoms. The zero-order valence-corrected chi connectivity index (χ0v) is 14.1. The van der Waals surface area contributed by atoms with Crippen LogP contribution in [0.1, 0.15) is 23.6 Å². The van der Waals surface area contributed by atoms with E-state index in [-0.39, 0.29) is 5.92 Å². The van der Waals surface area contributed by atoms with Crippen molar-refractivity contribution >= 4 is 11.7 Å². The highest BCUT2D eigenvalue weighted by Gasteiger charge is 2.19. The van der Waals surface area contributed by atoms with Gasteiger partial charge in [0.1, 0.15) is 0 Å². The number of likely N-dealkylation sites (N-methyl/N-ethyl adjacent to an activating group) is 1. The lowest BCUT2D eigenvalue weighted by molar-refractivity contribution is -0.140. The fourth-order valence-corrected chi connectivity index (χ4v) is 2.69. The van der Waals surface area contributed by atoms with E-state index >= 15 is 0 Å². The Morgan fingerprint density at radius 1 is 1.14 bits per heavy atom. The normalized spacial score (nSPS) is 12.5. The van der Waals surface area contributed by atoms with Crippen molar-refractivity contribution in [3.63, 3.8) is 0 Å². The third-order valence-corrected chi connectivity index (χ3v) is 3.68. The van der Waals surface area contributed by atoms with Crippen LogP contribution in [0, 0.1) is 26.7 Å². The number of hydrogen-bond acceptors (Lipinski definition) is 3. The maximum atomic E-state index is 11.2. The molecule has 0 saturated carbocycles. The summed E-state index contributed by atoms with van der Waals surface area (Å²) in [4.78, 5) is 15.5. The summed E-state index contributed by atoms with van der Waals surface area (Å²) >= 11 is 0. The molecule has 1 N–H and O–H groups in total.